The average molecular weight is 409 g/mol. The van der Waals surface area contributed by atoms with Crippen molar-refractivity contribution in [2.45, 2.75) is 33.2 Å². The lowest BCUT2D eigenvalue weighted by Gasteiger charge is -2.21. The highest BCUT2D eigenvalue weighted by Gasteiger charge is 2.23. The number of imidazole rings is 1. The zero-order chi connectivity index (χ0) is 22.0. The van der Waals surface area contributed by atoms with Crippen LogP contribution < -0.4 is 16.3 Å². The standard InChI is InChI=1S/C23H28N4O3/c1-14(2)12-18(25-21(28)17-9-7-6-8-15(17)3)22(29)24-16-10-11-19-20(13-16)27(5)23(30)26(19)4/h6-11,13-14,18H,12H2,1-5H3,(H,24,29)(H,25,28). The second kappa shape index (κ2) is 8.57. The van der Waals surface area contributed by atoms with Crippen molar-refractivity contribution in [2.75, 3.05) is 5.32 Å². The van der Waals surface area contributed by atoms with Crippen LogP contribution >= 0.6 is 0 Å². The normalized spacial score (nSPS) is 12.2. The SMILES string of the molecule is Cc1ccccc1C(=O)NC(CC(C)C)C(=O)Nc1ccc2c(c1)n(C)c(=O)n2C. The van der Waals surface area contributed by atoms with E-state index in [1.165, 1.54) is 4.57 Å². The highest BCUT2D eigenvalue weighted by Crippen LogP contribution is 2.19. The maximum atomic E-state index is 13.0. The Kier molecular flexibility index (Phi) is 6.10. The molecule has 2 aromatic carbocycles. The van der Waals surface area contributed by atoms with Crippen LogP contribution in [0, 0.1) is 12.8 Å². The fraction of sp³-hybridized carbons (Fsp3) is 0.348. The van der Waals surface area contributed by atoms with Crippen LogP contribution in [-0.2, 0) is 18.9 Å². The third kappa shape index (κ3) is 4.30. The molecule has 0 radical (unpaired) electrons. The minimum atomic E-state index is -0.674. The monoisotopic (exact) mass is 408 g/mol. The van der Waals surface area contributed by atoms with E-state index in [4.69, 9.17) is 0 Å². The van der Waals surface area contributed by atoms with E-state index < -0.39 is 6.04 Å². The molecule has 0 saturated carbocycles. The first-order valence-electron chi connectivity index (χ1n) is 10.0. The van der Waals surface area contributed by atoms with Crippen molar-refractivity contribution in [3.05, 3.63) is 64.1 Å². The predicted octanol–water partition coefficient (Wildman–Crippen LogP) is 2.97. The molecule has 30 heavy (non-hydrogen) atoms. The molecule has 0 spiro atoms. The van der Waals surface area contributed by atoms with Crippen molar-refractivity contribution in [1.29, 1.82) is 0 Å². The van der Waals surface area contributed by atoms with Crippen molar-refractivity contribution in [1.82, 2.24) is 14.5 Å². The third-order valence-electron chi connectivity index (χ3n) is 5.26. The summed E-state index contributed by atoms with van der Waals surface area (Å²) in [7, 11) is 3.41. The largest absolute Gasteiger partial charge is 0.340 e. The molecular formula is C23H28N4O3. The van der Waals surface area contributed by atoms with E-state index in [0.717, 1.165) is 16.6 Å². The molecule has 1 unspecified atom stereocenters. The quantitative estimate of drug-likeness (QED) is 0.658. The molecule has 3 rings (SSSR count). The van der Waals surface area contributed by atoms with E-state index in [0.29, 0.717) is 17.7 Å². The summed E-state index contributed by atoms with van der Waals surface area (Å²) in [6.07, 6.45) is 0.509. The van der Waals surface area contributed by atoms with Gasteiger partial charge in [-0.2, -0.15) is 0 Å². The summed E-state index contributed by atoms with van der Waals surface area (Å²) in [6, 6.07) is 11.9. The number of carbonyl (C=O) groups is 2. The number of fused-ring (bicyclic) bond motifs is 1. The lowest BCUT2D eigenvalue weighted by molar-refractivity contribution is -0.118. The molecule has 1 heterocycles. The first kappa shape index (κ1) is 21.4. The van der Waals surface area contributed by atoms with Gasteiger partial charge in [0, 0.05) is 25.3 Å². The van der Waals surface area contributed by atoms with Gasteiger partial charge in [-0.1, -0.05) is 32.0 Å². The molecule has 2 N–H and O–H groups in total. The minimum absolute atomic E-state index is 0.128. The van der Waals surface area contributed by atoms with Crippen LogP contribution in [0.2, 0.25) is 0 Å². The summed E-state index contributed by atoms with van der Waals surface area (Å²) < 4.78 is 3.10. The van der Waals surface area contributed by atoms with Crippen molar-refractivity contribution in [3.63, 3.8) is 0 Å². The van der Waals surface area contributed by atoms with Gasteiger partial charge in [0.05, 0.1) is 11.0 Å². The molecular weight excluding hydrogens is 380 g/mol. The van der Waals surface area contributed by atoms with Crippen LogP contribution in [-0.4, -0.2) is 27.0 Å². The molecule has 2 amide bonds. The van der Waals surface area contributed by atoms with Gasteiger partial charge in [-0.05, 0) is 49.1 Å². The summed E-state index contributed by atoms with van der Waals surface area (Å²) in [5.74, 6) is -0.337. The van der Waals surface area contributed by atoms with Crippen LogP contribution in [0.1, 0.15) is 36.2 Å². The molecule has 0 bridgehead atoms. The van der Waals surface area contributed by atoms with Crippen molar-refractivity contribution >= 4 is 28.5 Å². The highest BCUT2D eigenvalue weighted by atomic mass is 16.2. The van der Waals surface area contributed by atoms with Gasteiger partial charge >= 0.3 is 5.69 Å². The fourth-order valence-corrected chi connectivity index (χ4v) is 3.58. The number of carbonyl (C=O) groups excluding carboxylic acids is 2. The Morgan fingerprint density at radius 2 is 1.67 bits per heavy atom. The molecule has 3 aromatic rings. The minimum Gasteiger partial charge on any atom is -0.340 e. The number of nitrogens with one attached hydrogen (secondary N) is 2. The summed E-state index contributed by atoms with van der Waals surface area (Å²) in [6.45, 7) is 5.88. The molecule has 0 aliphatic heterocycles. The Balaban J connectivity index is 1.83. The summed E-state index contributed by atoms with van der Waals surface area (Å²) in [5, 5.41) is 5.77. The van der Waals surface area contributed by atoms with Crippen LogP contribution in [0.4, 0.5) is 5.69 Å². The van der Waals surface area contributed by atoms with Crippen molar-refractivity contribution in [2.24, 2.45) is 20.0 Å². The molecule has 7 heteroatoms. The van der Waals surface area contributed by atoms with Gasteiger partial charge in [0.25, 0.3) is 5.91 Å². The molecule has 0 saturated heterocycles. The van der Waals surface area contributed by atoms with Gasteiger partial charge in [-0.3, -0.25) is 18.7 Å². The van der Waals surface area contributed by atoms with Crippen LogP contribution in [0.15, 0.2) is 47.3 Å². The number of amides is 2. The fourth-order valence-electron chi connectivity index (χ4n) is 3.58. The number of nitrogens with zero attached hydrogens (tertiary/aromatic N) is 2. The third-order valence-corrected chi connectivity index (χ3v) is 5.26. The maximum Gasteiger partial charge on any atom is 0.328 e. The van der Waals surface area contributed by atoms with Gasteiger partial charge in [-0.15, -0.1) is 0 Å². The summed E-state index contributed by atoms with van der Waals surface area (Å²) in [4.78, 5) is 37.9. The van der Waals surface area contributed by atoms with Crippen LogP contribution in [0.5, 0.6) is 0 Å². The second-order valence-corrected chi connectivity index (χ2v) is 8.06. The molecule has 0 fully saturated rings. The predicted molar refractivity (Wildman–Crippen MR) is 119 cm³/mol. The van der Waals surface area contributed by atoms with Gasteiger partial charge in [0.1, 0.15) is 6.04 Å². The molecule has 0 aliphatic rings. The molecule has 1 aromatic heterocycles. The van der Waals surface area contributed by atoms with E-state index in [1.807, 2.05) is 32.9 Å². The first-order valence-corrected chi connectivity index (χ1v) is 10.0. The van der Waals surface area contributed by atoms with Gasteiger partial charge < -0.3 is 10.6 Å². The molecule has 1 atom stereocenters. The van der Waals surface area contributed by atoms with Crippen molar-refractivity contribution in [3.8, 4) is 0 Å². The number of benzene rings is 2. The van der Waals surface area contributed by atoms with E-state index in [1.54, 1.807) is 49.0 Å². The summed E-state index contributed by atoms with van der Waals surface area (Å²) in [5.41, 5.74) is 3.37. The Morgan fingerprint density at radius 1 is 1.00 bits per heavy atom. The van der Waals surface area contributed by atoms with Gasteiger partial charge in [0.2, 0.25) is 5.91 Å². The van der Waals surface area contributed by atoms with Gasteiger partial charge in [0.15, 0.2) is 0 Å². The van der Waals surface area contributed by atoms with Gasteiger partial charge in [-0.25, -0.2) is 4.79 Å². The van der Waals surface area contributed by atoms with E-state index in [9.17, 15) is 14.4 Å². The van der Waals surface area contributed by atoms with Crippen molar-refractivity contribution < 1.29 is 9.59 Å². The lowest BCUT2D eigenvalue weighted by Crippen LogP contribution is -2.44. The molecule has 158 valence electrons. The molecule has 7 nitrogen and oxygen atoms in total. The number of anilines is 1. The Bertz CT molecular complexity index is 1160. The van der Waals surface area contributed by atoms with E-state index in [-0.39, 0.29) is 23.4 Å². The average Bonchev–Trinajstić information content (AvgIpc) is 2.91. The number of hydrogen-bond donors (Lipinski definition) is 2. The second-order valence-electron chi connectivity index (χ2n) is 8.06. The maximum absolute atomic E-state index is 13.0. The number of hydrogen-bond acceptors (Lipinski definition) is 3. The zero-order valence-electron chi connectivity index (χ0n) is 18.0. The summed E-state index contributed by atoms with van der Waals surface area (Å²) >= 11 is 0. The van der Waals surface area contributed by atoms with E-state index in [2.05, 4.69) is 10.6 Å². The Labute approximate surface area is 175 Å². The Hall–Kier alpha value is -3.35. The Morgan fingerprint density at radius 3 is 2.33 bits per heavy atom. The lowest BCUT2D eigenvalue weighted by atomic mass is 10.0. The van der Waals surface area contributed by atoms with Crippen LogP contribution in [0.3, 0.4) is 0 Å². The zero-order valence-corrected chi connectivity index (χ0v) is 18.0. The first-order chi connectivity index (χ1) is 14.2. The highest BCUT2D eigenvalue weighted by molar-refractivity contribution is 6.02. The molecule has 0 aliphatic carbocycles. The smallest absolute Gasteiger partial charge is 0.328 e. The number of aryl methyl sites for hydroxylation is 3. The topological polar surface area (TPSA) is 85.1 Å². The van der Waals surface area contributed by atoms with Crippen LogP contribution in [0.25, 0.3) is 11.0 Å². The van der Waals surface area contributed by atoms with E-state index >= 15 is 0 Å². The number of aromatic nitrogens is 2. The number of rotatable bonds is 6.